The van der Waals surface area contributed by atoms with Crippen molar-refractivity contribution in [3.63, 3.8) is 0 Å². The number of hydrogen-bond acceptors (Lipinski definition) is 4. The van der Waals surface area contributed by atoms with E-state index in [0.717, 1.165) is 0 Å². The number of anilines is 1. The average molecular weight is 449 g/mol. The molecule has 0 spiro atoms. The minimum Gasteiger partial charge on any atom is -0.491 e. The Morgan fingerprint density at radius 3 is 2.48 bits per heavy atom. The SMILES string of the molecule is COCCOc1ccc(NC(=O)COc2c(Cl)cc(Cl)cc2Br)cc1. The fourth-order valence-electron chi connectivity index (χ4n) is 1.88. The molecule has 0 fully saturated rings. The van der Waals surface area contributed by atoms with Gasteiger partial charge in [-0.2, -0.15) is 0 Å². The van der Waals surface area contributed by atoms with Gasteiger partial charge in [0.05, 0.1) is 16.1 Å². The quantitative estimate of drug-likeness (QED) is 0.589. The van der Waals surface area contributed by atoms with Gasteiger partial charge in [0.1, 0.15) is 12.4 Å². The van der Waals surface area contributed by atoms with Crippen molar-refractivity contribution in [2.45, 2.75) is 0 Å². The molecule has 1 amide bonds. The van der Waals surface area contributed by atoms with Crippen LogP contribution < -0.4 is 14.8 Å². The van der Waals surface area contributed by atoms with Crippen LogP contribution in [0.15, 0.2) is 40.9 Å². The summed E-state index contributed by atoms with van der Waals surface area (Å²) in [6, 6.07) is 10.2. The van der Waals surface area contributed by atoms with E-state index < -0.39 is 0 Å². The molecular weight excluding hydrogens is 433 g/mol. The number of carbonyl (C=O) groups is 1. The highest BCUT2D eigenvalue weighted by atomic mass is 79.9. The van der Waals surface area contributed by atoms with Crippen LogP contribution >= 0.6 is 39.1 Å². The first kappa shape index (κ1) is 19.8. The molecular formula is C17H16BrCl2NO4. The molecule has 0 aliphatic rings. The summed E-state index contributed by atoms with van der Waals surface area (Å²) < 4.78 is 16.4. The van der Waals surface area contributed by atoms with Crippen molar-refractivity contribution in [1.29, 1.82) is 0 Å². The van der Waals surface area contributed by atoms with E-state index in [9.17, 15) is 4.79 Å². The maximum absolute atomic E-state index is 12.0. The van der Waals surface area contributed by atoms with Crippen LogP contribution in [0.25, 0.3) is 0 Å². The Kier molecular flexibility index (Phi) is 7.84. The Balaban J connectivity index is 1.86. The largest absolute Gasteiger partial charge is 0.491 e. The number of benzene rings is 2. The second-order valence-electron chi connectivity index (χ2n) is 4.90. The smallest absolute Gasteiger partial charge is 0.262 e. The molecule has 0 aromatic heterocycles. The molecule has 0 bridgehead atoms. The lowest BCUT2D eigenvalue weighted by Gasteiger charge is -2.11. The van der Waals surface area contributed by atoms with Gasteiger partial charge >= 0.3 is 0 Å². The molecule has 2 aromatic carbocycles. The summed E-state index contributed by atoms with van der Waals surface area (Å²) in [6.45, 7) is 0.789. The normalized spacial score (nSPS) is 10.4. The molecule has 1 N–H and O–H groups in total. The molecule has 0 aliphatic carbocycles. The predicted octanol–water partition coefficient (Wildman–Crippen LogP) is 4.80. The van der Waals surface area contributed by atoms with Gasteiger partial charge in [-0.25, -0.2) is 0 Å². The van der Waals surface area contributed by atoms with Crippen molar-refractivity contribution in [2.24, 2.45) is 0 Å². The van der Waals surface area contributed by atoms with Gasteiger partial charge in [-0.15, -0.1) is 0 Å². The molecule has 0 saturated carbocycles. The maximum atomic E-state index is 12.0. The van der Waals surface area contributed by atoms with Gasteiger partial charge in [-0.3, -0.25) is 4.79 Å². The molecule has 134 valence electrons. The van der Waals surface area contributed by atoms with Crippen molar-refractivity contribution in [3.05, 3.63) is 50.9 Å². The minimum absolute atomic E-state index is 0.188. The Hall–Kier alpha value is -1.47. The standard InChI is InChI=1S/C17H16BrCl2NO4/c1-23-6-7-24-13-4-2-12(3-5-13)21-16(22)10-25-17-14(18)8-11(19)9-15(17)20/h2-5,8-9H,6-7,10H2,1H3,(H,21,22). The molecule has 5 nitrogen and oxygen atoms in total. The first-order valence-electron chi connectivity index (χ1n) is 7.28. The van der Waals surface area contributed by atoms with E-state index in [4.69, 9.17) is 37.4 Å². The van der Waals surface area contributed by atoms with Gasteiger partial charge < -0.3 is 19.5 Å². The third-order valence-corrected chi connectivity index (χ3v) is 4.09. The zero-order chi connectivity index (χ0) is 18.2. The molecule has 0 radical (unpaired) electrons. The van der Waals surface area contributed by atoms with Gasteiger partial charge in [-0.05, 0) is 52.3 Å². The maximum Gasteiger partial charge on any atom is 0.262 e. The molecule has 0 atom stereocenters. The number of halogens is 3. The Labute approximate surface area is 164 Å². The van der Waals surface area contributed by atoms with Crippen LogP contribution in [0.4, 0.5) is 5.69 Å². The zero-order valence-corrected chi connectivity index (χ0v) is 16.5. The van der Waals surface area contributed by atoms with Crippen LogP contribution in [-0.4, -0.2) is 32.8 Å². The number of amides is 1. The van der Waals surface area contributed by atoms with Crippen LogP contribution in [0.5, 0.6) is 11.5 Å². The van der Waals surface area contributed by atoms with Crippen LogP contribution in [0.2, 0.25) is 10.0 Å². The van der Waals surface area contributed by atoms with E-state index in [-0.39, 0.29) is 12.5 Å². The van der Waals surface area contributed by atoms with E-state index in [2.05, 4.69) is 21.2 Å². The zero-order valence-electron chi connectivity index (χ0n) is 13.4. The summed E-state index contributed by atoms with van der Waals surface area (Å²) in [5.74, 6) is 0.747. The lowest BCUT2D eigenvalue weighted by atomic mass is 10.3. The van der Waals surface area contributed by atoms with E-state index >= 15 is 0 Å². The summed E-state index contributed by atoms with van der Waals surface area (Å²) in [5.41, 5.74) is 0.633. The van der Waals surface area contributed by atoms with Crippen molar-refractivity contribution in [2.75, 3.05) is 32.2 Å². The highest BCUT2D eigenvalue weighted by molar-refractivity contribution is 9.10. The van der Waals surface area contributed by atoms with E-state index in [1.807, 2.05) is 0 Å². The van der Waals surface area contributed by atoms with Crippen molar-refractivity contribution < 1.29 is 19.0 Å². The lowest BCUT2D eigenvalue weighted by molar-refractivity contribution is -0.118. The fraction of sp³-hybridized carbons (Fsp3) is 0.235. The Morgan fingerprint density at radius 1 is 1.12 bits per heavy atom. The van der Waals surface area contributed by atoms with Crippen LogP contribution in [-0.2, 0) is 9.53 Å². The summed E-state index contributed by atoms with van der Waals surface area (Å²) in [7, 11) is 1.61. The van der Waals surface area contributed by atoms with E-state index in [0.29, 0.717) is 44.9 Å². The summed E-state index contributed by atoms with van der Waals surface area (Å²) in [5, 5.41) is 3.53. The molecule has 0 aliphatic heterocycles. The summed E-state index contributed by atoms with van der Waals surface area (Å²) in [4.78, 5) is 12.0. The predicted molar refractivity (Wildman–Crippen MR) is 102 cm³/mol. The summed E-state index contributed by atoms with van der Waals surface area (Å²) >= 11 is 15.2. The molecule has 0 saturated heterocycles. The van der Waals surface area contributed by atoms with Crippen molar-refractivity contribution >= 4 is 50.7 Å². The monoisotopic (exact) mass is 447 g/mol. The van der Waals surface area contributed by atoms with Crippen molar-refractivity contribution in [3.8, 4) is 11.5 Å². The first-order valence-corrected chi connectivity index (χ1v) is 8.83. The molecule has 2 rings (SSSR count). The Morgan fingerprint density at radius 2 is 1.84 bits per heavy atom. The van der Waals surface area contributed by atoms with E-state index in [1.165, 1.54) is 0 Å². The van der Waals surface area contributed by atoms with Gasteiger partial charge in [-0.1, -0.05) is 23.2 Å². The topological polar surface area (TPSA) is 56.8 Å². The van der Waals surface area contributed by atoms with Crippen LogP contribution in [0.1, 0.15) is 0 Å². The lowest BCUT2D eigenvalue weighted by Crippen LogP contribution is -2.20. The Bertz CT molecular complexity index is 702. The number of methoxy groups -OCH3 is 1. The minimum atomic E-state index is -0.314. The third-order valence-electron chi connectivity index (χ3n) is 3.00. The van der Waals surface area contributed by atoms with Gasteiger partial charge in [0.15, 0.2) is 12.4 Å². The number of carbonyl (C=O) groups excluding carboxylic acids is 1. The first-order chi connectivity index (χ1) is 12.0. The third kappa shape index (κ3) is 6.40. The van der Waals surface area contributed by atoms with Crippen LogP contribution in [0.3, 0.4) is 0 Å². The van der Waals surface area contributed by atoms with Gasteiger partial charge in [0, 0.05) is 17.8 Å². The van der Waals surface area contributed by atoms with Crippen LogP contribution in [0, 0.1) is 0 Å². The van der Waals surface area contributed by atoms with E-state index in [1.54, 1.807) is 43.5 Å². The molecule has 0 unspecified atom stereocenters. The second kappa shape index (κ2) is 9.87. The van der Waals surface area contributed by atoms with Gasteiger partial charge in [0.25, 0.3) is 5.91 Å². The second-order valence-corrected chi connectivity index (χ2v) is 6.60. The summed E-state index contributed by atoms with van der Waals surface area (Å²) in [6.07, 6.45) is 0. The number of hydrogen-bond donors (Lipinski definition) is 1. The average Bonchev–Trinajstić information content (AvgIpc) is 2.55. The highest BCUT2D eigenvalue weighted by Gasteiger charge is 2.11. The number of ether oxygens (including phenoxy) is 3. The molecule has 8 heteroatoms. The number of nitrogens with one attached hydrogen (secondary N) is 1. The van der Waals surface area contributed by atoms with Gasteiger partial charge in [0.2, 0.25) is 0 Å². The molecule has 0 heterocycles. The molecule has 25 heavy (non-hydrogen) atoms. The van der Waals surface area contributed by atoms with Crippen molar-refractivity contribution in [1.82, 2.24) is 0 Å². The number of rotatable bonds is 8. The molecule has 2 aromatic rings. The fourth-order valence-corrected chi connectivity index (χ4v) is 3.25. The highest BCUT2D eigenvalue weighted by Crippen LogP contribution is 2.36.